The first-order chi connectivity index (χ1) is 11.8. The first-order valence-electron chi connectivity index (χ1n) is 7.98. The molecule has 1 saturated heterocycles. The quantitative estimate of drug-likeness (QED) is 0.780. The predicted molar refractivity (Wildman–Crippen MR) is 104 cm³/mol. The third-order valence-corrected chi connectivity index (χ3v) is 5.47. The first kappa shape index (κ1) is 18.0. The molecule has 0 unspecified atom stereocenters. The molecular formula is C19H18BrClN2O2. The van der Waals surface area contributed by atoms with Crippen LogP contribution < -0.4 is 10.2 Å². The minimum atomic E-state index is -0.380. The molecule has 0 radical (unpaired) electrons. The number of rotatable bonds is 3. The van der Waals surface area contributed by atoms with Crippen molar-refractivity contribution < 1.29 is 9.59 Å². The third-order valence-electron chi connectivity index (χ3n) is 4.38. The van der Waals surface area contributed by atoms with Crippen molar-refractivity contribution in [2.24, 2.45) is 5.92 Å². The maximum Gasteiger partial charge on any atom is 0.229 e. The van der Waals surface area contributed by atoms with E-state index in [2.05, 4.69) is 21.2 Å². The summed E-state index contributed by atoms with van der Waals surface area (Å²) in [6, 6.07) is 11.0. The highest BCUT2D eigenvalue weighted by Gasteiger charge is 2.35. The first-order valence-corrected chi connectivity index (χ1v) is 9.16. The van der Waals surface area contributed by atoms with Crippen molar-refractivity contribution in [2.45, 2.75) is 20.3 Å². The van der Waals surface area contributed by atoms with Crippen LogP contribution in [0.4, 0.5) is 11.4 Å². The molecule has 0 saturated carbocycles. The fraction of sp³-hybridized carbons (Fsp3) is 0.263. The summed E-state index contributed by atoms with van der Waals surface area (Å²) in [4.78, 5) is 26.6. The molecule has 130 valence electrons. The van der Waals surface area contributed by atoms with E-state index in [4.69, 9.17) is 11.6 Å². The number of anilines is 2. The van der Waals surface area contributed by atoms with E-state index in [0.29, 0.717) is 11.6 Å². The van der Waals surface area contributed by atoms with Gasteiger partial charge in [0.05, 0.1) is 5.92 Å². The van der Waals surface area contributed by atoms with Crippen LogP contribution in [-0.2, 0) is 9.59 Å². The van der Waals surface area contributed by atoms with Gasteiger partial charge < -0.3 is 10.2 Å². The molecule has 0 aliphatic carbocycles. The van der Waals surface area contributed by atoms with Crippen LogP contribution in [0.25, 0.3) is 0 Å². The summed E-state index contributed by atoms with van der Waals surface area (Å²) in [6.45, 7) is 4.27. The van der Waals surface area contributed by atoms with E-state index in [1.54, 1.807) is 23.1 Å². The minimum Gasteiger partial charge on any atom is -0.326 e. The van der Waals surface area contributed by atoms with Gasteiger partial charge in [-0.2, -0.15) is 0 Å². The number of amides is 2. The smallest absolute Gasteiger partial charge is 0.229 e. The van der Waals surface area contributed by atoms with Crippen molar-refractivity contribution in [1.82, 2.24) is 0 Å². The van der Waals surface area contributed by atoms with Gasteiger partial charge in [0.2, 0.25) is 11.8 Å². The molecule has 3 rings (SSSR count). The van der Waals surface area contributed by atoms with Crippen molar-refractivity contribution in [1.29, 1.82) is 0 Å². The number of benzene rings is 2. The highest BCUT2D eigenvalue weighted by Crippen LogP contribution is 2.29. The average molecular weight is 422 g/mol. The second kappa shape index (κ2) is 7.18. The molecule has 1 aliphatic heterocycles. The van der Waals surface area contributed by atoms with E-state index in [9.17, 15) is 9.59 Å². The summed E-state index contributed by atoms with van der Waals surface area (Å²) in [5.41, 5.74) is 3.52. The Kier molecular flexibility index (Phi) is 5.16. The molecule has 1 N–H and O–H groups in total. The summed E-state index contributed by atoms with van der Waals surface area (Å²) in [5.74, 6) is -0.580. The predicted octanol–water partition coefficient (Wildman–Crippen LogP) is 4.71. The molecule has 4 nitrogen and oxygen atoms in total. The highest BCUT2D eigenvalue weighted by atomic mass is 79.9. The lowest BCUT2D eigenvalue weighted by Crippen LogP contribution is -2.28. The van der Waals surface area contributed by atoms with E-state index in [1.165, 1.54) is 0 Å². The van der Waals surface area contributed by atoms with Gasteiger partial charge in [-0.05, 0) is 55.3 Å². The van der Waals surface area contributed by atoms with E-state index in [-0.39, 0.29) is 24.2 Å². The van der Waals surface area contributed by atoms with E-state index < -0.39 is 0 Å². The van der Waals surface area contributed by atoms with Crippen LogP contribution in [0, 0.1) is 19.8 Å². The standard InChI is InChI=1S/C19H18BrClN2O2/c1-11-7-17(12(2)6-16(11)20)22-19(25)13-8-18(24)23(10-13)15-5-3-4-14(21)9-15/h3-7,9,13H,8,10H2,1-2H3,(H,22,25)/t13-/m1/s1. The zero-order valence-corrected chi connectivity index (χ0v) is 16.3. The number of nitrogens with one attached hydrogen (secondary N) is 1. The Labute approximate surface area is 160 Å². The summed E-state index contributed by atoms with van der Waals surface area (Å²) >= 11 is 9.49. The van der Waals surface area contributed by atoms with E-state index in [0.717, 1.165) is 27.0 Å². The Morgan fingerprint density at radius 2 is 2.00 bits per heavy atom. The van der Waals surface area contributed by atoms with Gasteiger partial charge >= 0.3 is 0 Å². The van der Waals surface area contributed by atoms with Gasteiger partial charge in [0.1, 0.15) is 0 Å². The zero-order chi connectivity index (χ0) is 18.1. The molecule has 2 amide bonds. The summed E-state index contributed by atoms with van der Waals surface area (Å²) in [6.07, 6.45) is 0.201. The van der Waals surface area contributed by atoms with E-state index in [1.807, 2.05) is 32.0 Å². The lowest BCUT2D eigenvalue weighted by atomic mass is 10.1. The second-order valence-corrected chi connectivity index (χ2v) is 7.58. The zero-order valence-electron chi connectivity index (χ0n) is 14.0. The summed E-state index contributed by atoms with van der Waals surface area (Å²) < 4.78 is 1.01. The van der Waals surface area contributed by atoms with Crippen LogP contribution >= 0.6 is 27.5 Å². The van der Waals surface area contributed by atoms with Gasteiger partial charge in [0, 0.05) is 33.8 Å². The fourth-order valence-electron chi connectivity index (χ4n) is 2.93. The van der Waals surface area contributed by atoms with Crippen LogP contribution in [0.1, 0.15) is 17.5 Å². The number of carbonyl (C=O) groups is 2. The number of halogens is 2. The average Bonchev–Trinajstić information content (AvgIpc) is 2.94. The number of hydrogen-bond donors (Lipinski definition) is 1. The van der Waals surface area contributed by atoms with Crippen molar-refractivity contribution in [2.75, 3.05) is 16.8 Å². The van der Waals surface area contributed by atoms with Crippen LogP contribution in [0.2, 0.25) is 5.02 Å². The number of nitrogens with zero attached hydrogens (tertiary/aromatic N) is 1. The molecule has 25 heavy (non-hydrogen) atoms. The van der Waals surface area contributed by atoms with E-state index >= 15 is 0 Å². The van der Waals surface area contributed by atoms with Gasteiger partial charge in [0.25, 0.3) is 0 Å². The van der Waals surface area contributed by atoms with Crippen molar-refractivity contribution >= 4 is 50.7 Å². The van der Waals surface area contributed by atoms with Gasteiger partial charge in [-0.1, -0.05) is 33.6 Å². The normalized spacial score (nSPS) is 17.0. The van der Waals surface area contributed by atoms with Gasteiger partial charge in [-0.25, -0.2) is 0 Å². The SMILES string of the molecule is Cc1cc(NC(=O)[C@@H]2CC(=O)N(c3cccc(Cl)c3)C2)c(C)cc1Br. The topological polar surface area (TPSA) is 49.4 Å². The van der Waals surface area contributed by atoms with Gasteiger partial charge in [0.15, 0.2) is 0 Å². The van der Waals surface area contributed by atoms with Crippen LogP contribution in [-0.4, -0.2) is 18.4 Å². The largest absolute Gasteiger partial charge is 0.326 e. The molecule has 1 heterocycles. The third kappa shape index (κ3) is 3.88. The number of aryl methyl sites for hydroxylation is 2. The molecule has 0 bridgehead atoms. The van der Waals surface area contributed by atoms with Crippen molar-refractivity contribution in [3.63, 3.8) is 0 Å². The maximum atomic E-state index is 12.6. The molecular weight excluding hydrogens is 404 g/mol. The van der Waals surface area contributed by atoms with Crippen LogP contribution in [0.5, 0.6) is 0 Å². The summed E-state index contributed by atoms with van der Waals surface area (Å²) in [7, 11) is 0. The Bertz CT molecular complexity index is 853. The molecule has 1 aliphatic rings. The van der Waals surface area contributed by atoms with Gasteiger partial charge in [-0.15, -0.1) is 0 Å². The molecule has 2 aromatic rings. The Balaban J connectivity index is 1.74. The number of carbonyl (C=O) groups excluding carboxylic acids is 2. The van der Waals surface area contributed by atoms with Crippen molar-refractivity contribution in [3.05, 3.63) is 57.0 Å². The molecule has 0 aromatic heterocycles. The highest BCUT2D eigenvalue weighted by molar-refractivity contribution is 9.10. The second-order valence-electron chi connectivity index (χ2n) is 6.29. The fourth-order valence-corrected chi connectivity index (χ4v) is 3.57. The van der Waals surface area contributed by atoms with Crippen LogP contribution in [0.3, 0.4) is 0 Å². The van der Waals surface area contributed by atoms with Crippen molar-refractivity contribution in [3.8, 4) is 0 Å². The Morgan fingerprint density at radius 1 is 1.24 bits per heavy atom. The Morgan fingerprint density at radius 3 is 2.72 bits per heavy atom. The lowest BCUT2D eigenvalue weighted by molar-refractivity contribution is -0.122. The monoisotopic (exact) mass is 420 g/mol. The molecule has 1 fully saturated rings. The molecule has 0 spiro atoms. The minimum absolute atomic E-state index is 0.0638. The summed E-state index contributed by atoms with van der Waals surface area (Å²) in [5, 5.41) is 3.53. The maximum absolute atomic E-state index is 12.6. The Hall–Kier alpha value is -1.85. The van der Waals surface area contributed by atoms with Crippen LogP contribution in [0.15, 0.2) is 40.9 Å². The molecule has 6 heteroatoms. The molecule has 2 aromatic carbocycles. The number of hydrogen-bond acceptors (Lipinski definition) is 2. The molecule has 1 atom stereocenters. The van der Waals surface area contributed by atoms with Gasteiger partial charge in [-0.3, -0.25) is 9.59 Å². The lowest BCUT2D eigenvalue weighted by Gasteiger charge is -2.17.